The first-order valence-electron chi connectivity index (χ1n) is 5.98. The topological polar surface area (TPSA) is 54.5 Å². The first kappa shape index (κ1) is 10.2. The van der Waals surface area contributed by atoms with Gasteiger partial charge in [-0.25, -0.2) is 15.0 Å². The molecule has 0 amide bonds. The minimum atomic E-state index is 0.684. The van der Waals surface area contributed by atoms with Gasteiger partial charge in [-0.15, -0.1) is 0 Å². The van der Waals surface area contributed by atoms with E-state index in [2.05, 4.69) is 32.1 Å². The van der Waals surface area contributed by atoms with Crippen LogP contribution < -0.4 is 0 Å². The molecule has 3 heterocycles. The third kappa shape index (κ3) is 1.57. The number of fused-ring (bicyclic) bond motifs is 2. The van der Waals surface area contributed by atoms with Crippen molar-refractivity contribution < 1.29 is 0 Å². The molecule has 1 aromatic carbocycles. The van der Waals surface area contributed by atoms with Crippen molar-refractivity contribution in [3.63, 3.8) is 0 Å². The standard InChI is InChI=1S/C15H9N4/c1-2-4-12-10(3-1)5-6-13(19-12)11-7-8-16-15-14(11)17-9-18-15/h1-6,8-9H,(H,16,17,18). The van der Waals surface area contributed by atoms with Gasteiger partial charge in [0.15, 0.2) is 5.65 Å². The Hall–Kier alpha value is -2.75. The molecule has 4 nitrogen and oxygen atoms in total. The van der Waals surface area contributed by atoms with Crippen molar-refractivity contribution in [3.8, 4) is 11.3 Å². The average molecular weight is 245 g/mol. The lowest BCUT2D eigenvalue weighted by atomic mass is 10.1. The number of benzene rings is 1. The number of aromatic nitrogens is 4. The van der Waals surface area contributed by atoms with Gasteiger partial charge >= 0.3 is 0 Å². The number of hydrogen-bond donors (Lipinski definition) is 1. The van der Waals surface area contributed by atoms with Gasteiger partial charge in [-0.1, -0.05) is 24.3 Å². The van der Waals surface area contributed by atoms with Gasteiger partial charge in [0.2, 0.25) is 0 Å². The lowest BCUT2D eigenvalue weighted by molar-refractivity contribution is 1.30. The maximum atomic E-state index is 4.67. The van der Waals surface area contributed by atoms with Crippen LogP contribution in [0.5, 0.6) is 0 Å². The number of nitrogens with zero attached hydrogens (tertiary/aromatic N) is 3. The molecule has 0 saturated heterocycles. The van der Waals surface area contributed by atoms with E-state index in [-0.39, 0.29) is 0 Å². The number of rotatable bonds is 1. The summed E-state index contributed by atoms with van der Waals surface area (Å²) < 4.78 is 0. The Balaban J connectivity index is 2.01. The first-order valence-corrected chi connectivity index (χ1v) is 5.98. The van der Waals surface area contributed by atoms with Crippen LogP contribution in [0.1, 0.15) is 0 Å². The lowest BCUT2D eigenvalue weighted by Gasteiger charge is -2.03. The first-order chi connectivity index (χ1) is 9.42. The molecule has 0 atom stereocenters. The number of para-hydroxylation sites is 1. The summed E-state index contributed by atoms with van der Waals surface area (Å²) in [5.74, 6) is 0. The molecule has 1 radical (unpaired) electrons. The van der Waals surface area contributed by atoms with E-state index in [4.69, 9.17) is 0 Å². The molecule has 0 bridgehead atoms. The predicted molar refractivity (Wildman–Crippen MR) is 73.5 cm³/mol. The highest BCUT2D eigenvalue weighted by atomic mass is 14.9. The second kappa shape index (κ2) is 3.88. The van der Waals surface area contributed by atoms with Gasteiger partial charge in [0, 0.05) is 23.2 Å². The van der Waals surface area contributed by atoms with E-state index >= 15 is 0 Å². The summed E-state index contributed by atoms with van der Waals surface area (Å²) in [5.41, 5.74) is 4.29. The maximum Gasteiger partial charge on any atom is 0.178 e. The van der Waals surface area contributed by atoms with E-state index in [0.29, 0.717) is 5.65 Å². The second-order valence-corrected chi connectivity index (χ2v) is 4.27. The largest absolute Gasteiger partial charge is 0.343 e. The van der Waals surface area contributed by atoms with E-state index in [9.17, 15) is 0 Å². The molecule has 3 aromatic heterocycles. The molecule has 0 unspecified atom stereocenters. The predicted octanol–water partition coefficient (Wildman–Crippen LogP) is 2.97. The van der Waals surface area contributed by atoms with Gasteiger partial charge in [0.25, 0.3) is 0 Å². The van der Waals surface area contributed by atoms with Crippen LogP contribution in [0.3, 0.4) is 0 Å². The summed E-state index contributed by atoms with van der Waals surface area (Å²) >= 11 is 0. The summed E-state index contributed by atoms with van der Waals surface area (Å²) in [6.45, 7) is 0. The second-order valence-electron chi connectivity index (χ2n) is 4.27. The Labute approximate surface area is 109 Å². The monoisotopic (exact) mass is 245 g/mol. The lowest BCUT2D eigenvalue weighted by Crippen LogP contribution is -1.88. The Morgan fingerprint density at radius 1 is 1.00 bits per heavy atom. The highest BCUT2D eigenvalue weighted by molar-refractivity contribution is 5.90. The van der Waals surface area contributed by atoms with Crippen molar-refractivity contribution in [2.24, 2.45) is 0 Å². The molecular weight excluding hydrogens is 236 g/mol. The number of nitrogens with one attached hydrogen (secondary N) is 1. The molecule has 4 aromatic rings. The molecule has 1 N–H and O–H groups in total. The fourth-order valence-electron chi connectivity index (χ4n) is 2.21. The number of H-pyrrole nitrogens is 1. The summed E-state index contributed by atoms with van der Waals surface area (Å²) in [7, 11) is 0. The molecule has 4 rings (SSSR count). The number of imidazole rings is 1. The van der Waals surface area contributed by atoms with Crippen LogP contribution in [0.4, 0.5) is 0 Å². The summed E-state index contributed by atoms with van der Waals surface area (Å²) in [5, 5.41) is 1.13. The number of pyridine rings is 2. The van der Waals surface area contributed by atoms with Gasteiger partial charge < -0.3 is 4.98 Å². The normalized spacial score (nSPS) is 11.2. The zero-order valence-corrected chi connectivity index (χ0v) is 9.96. The van der Waals surface area contributed by atoms with Gasteiger partial charge in [-0.3, -0.25) is 0 Å². The van der Waals surface area contributed by atoms with Crippen LogP contribution in [0, 0.1) is 6.07 Å². The van der Waals surface area contributed by atoms with Gasteiger partial charge in [0.05, 0.1) is 23.1 Å². The number of aromatic amines is 1. The Morgan fingerprint density at radius 2 is 1.95 bits per heavy atom. The van der Waals surface area contributed by atoms with Crippen molar-refractivity contribution in [2.45, 2.75) is 0 Å². The van der Waals surface area contributed by atoms with Gasteiger partial charge in [-0.05, 0) is 12.1 Å². The molecule has 0 spiro atoms. The van der Waals surface area contributed by atoms with E-state index in [1.54, 1.807) is 12.5 Å². The maximum absolute atomic E-state index is 4.67. The minimum absolute atomic E-state index is 0.684. The zero-order chi connectivity index (χ0) is 12.7. The van der Waals surface area contributed by atoms with Gasteiger partial charge in [0.1, 0.15) is 0 Å². The van der Waals surface area contributed by atoms with Crippen LogP contribution in [-0.2, 0) is 0 Å². The highest BCUT2D eigenvalue weighted by Gasteiger charge is 2.08. The SMILES string of the molecule is [c]1cnc2nc[nH]c2c1-c1ccc2ccccc2n1. The van der Waals surface area contributed by atoms with Crippen LogP contribution in [0.25, 0.3) is 33.3 Å². The van der Waals surface area contributed by atoms with Crippen molar-refractivity contribution in [3.05, 3.63) is 55.0 Å². The molecule has 89 valence electrons. The molecule has 0 aliphatic carbocycles. The number of hydrogen-bond acceptors (Lipinski definition) is 3. The zero-order valence-electron chi connectivity index (χ0n) is 9.96. The summed E-state index contributed by atoms with van der Waals surface area (Å²) in [6.07, 6.45) is 3.27. The summed E-state index contributed by atoms with van der Waals surface area (Å²) in [6, 6.07) is 15.2. The molecule has 0 aliphatic heterocycles. The van der Waals surface area contributed by atoms with Crippen LogP contribution in [0.15, 0.2) is 48.9 Å². The fraction of sp³-hybridized carbons (Fsp3) is 0. The van der Waals surface area contributed by atoms with E-state index < -0.39 is 0 Å². The smallest absolute Gasteiger partial charge is 0.178 e. The molecule has 0 saturated carbocycles. The third-order valence-electron chi connectivity index (χ3n) is 3.12. The highest BCUT2D eigenvalue weighted by Crippen LogP contribution is 2.25. The molecule has 0 fully saturated rings. The quantitative estimate of drug-likeness (QED) is 0.561. The van der Waals surface area contributed by atoms with E-state index in [1.807, 2.05) is 30.3 Å². The average Bonchev–Trinajstić information content (AvgIpc) is 2.95. The van der Waals surface area contributed by atoms with Crippen molar-refractivity contribution in [1.29, 1.82) is 0 Å². The van der Waals surface area contributed by atoms with Crippen LogP contribution in [0.2, 0.25) is 0 Å². The molecule has 4 heteroatoms. The summed E-state index contributed by atoms with van der Waals surface area (Å²) in [4.78, 5) is 16.1. The Kier molecular flexibility index (Phi) is 2.08. The molecule has 19 heavy (non-hydrogen) atoms. The third-order valence-corrected chi connectivity index (χ3v) is 3.12. The fourth-order valence-corrected chi connectivity index (χ4v) is 2.21. The van der Waals surface area contributed by atoms with E-state index in [0.717, 1.165) is 27.7 Å². The van der Waals surface area contributed by atoms with Gasteiger partial charge in [-0.2, -0.15) is 0 Å². The molecule has 0 aliphatic rings. The van der Waals surface area contributed by atoms with Crippen molar-refractivity contribution in [2.75, 3.05) is 0 Å². The van der Waals surface area contributed by atoms with Crippen molar-refractivity contribution >= 4 is 22.1 Å². The van der Waals surface area contributed by atoms with Crippen LogP contribution in [-0.4, -0.2) is 19.9 Å². The van der Waals surface area contributed by atoms with Crippen molar-refractivity contribution in [1.82, 2.24) is 19.9 Å². The minimum Gasteiger partial charge on any atom is -0.343 e. The molecular formula is C15H9N4. The Morgan fingerprint density at radius 3 is 2.95 bits per heavy atom. The van der Waals surface area contributed by atoms with Crippen LogP contribution >= 0.6 is 0 Å². The van der Waals surface area contributed by atoms with E-state index in [1.165, 1.54) is 0 Å². The Bertz CT molecular complexity index is 879.